The van der Waals surface area contributed by atoms with Crippen LogP contribution < -0.4 is 16.0 Å². The number of carboxylic acid groups (broad SMARTS) is 1. The monoisotopic (exact) mass is 588 g/mol. The number of hydrogen-bond donors (Lipinski definition) is 4. The van der Waals surface area contributed by atoms with E-state index in [2.05, 4.69) is 25.9 Å². The first-order valence-corrected chi connectivity index (χ1v) is 14.6. The predicted octanol–water partition coefficient (Wildman–Crippen LogP) is 1.98. The molecule has 0 radical (unpaired) electrons. The normalized spacial score (nSPS) is 20.9. The van der Waals surface area contributed by atoms with Crippen molar-refractivity contribution in [3.05, 3.63) is 24.3 Å². The first-order chi connectivity index (χ1) is 19.8. The van der Waals surface area contributed by atoms with Gasteiger partial charge in [0, 0.05) is 25.5 Å². The molecule has 1 saturated carbocycles. The van der Waals surface area contributed by atoms with Crippen molar-refractivity contribution in [3.8, 4) is 0 Å². The molecule has 4 N–H and O–H groups in total. The number of ether oxygens (including phenoxy) is 1. The van der Waals surface area contributed by atoms with Crippen LogP contribution in [0.1, 0.15) is 77.2 Å². The van der Waals surface area contributed by atoms with Gasteiger partial charge in [-0.25, -0.2) is 9.78 Å². The Kier molecular flexibility index (Phi) is 11.2. The van der Waals surface area contributed by atoms with Gasteiger partial charge in [-0.15, -0.1) is 0 Å². The van der Waals surface area contributed by atoms with Gasteiger partial charge >= 0.3 is 12.1 Å². The summed E-state index contributed by atoms with van der Waals surface area (Å²) >= 11 is 0. The fourth-order valence-electron chi connectivity index (χ4n) is 5.35. The third-order valence-electron chi connectivity index (χ3n) is 7.66. The largest absolute Gasteiger partial charge is 0.481 e. The molecular weight excluding hydrogens is 544 g/mol. The molecule has 13 heteroatoms. The van der Waals surface area contributed by atoms with Crippen LogP contribution in [0.3, 0.4) is 0 Å². The molecule has 1 aromatic heterocycles. The molecule has 2 fully saturated rings. The van der Waals surface area contributed by atoms with Crippen LogP contribution in [0.2, 0.25) is 0 Å². The third kappa shape index (κ3) is 8.86. The second kappa shape index (κ2) is 14.4. The Morgan fingerprint density at radius 3 is 2.29 bits per heavy atom. The van der Waals surface area contributed by atoms with Gasteiger partial charge in [-0.1, -0.05) is 53.9 Å². The smallest absolute Gasteiger partial charge is 0.409 e. The van der Waals surface area contributed by atoms with E-state index in [-0.39, 0.29) is 37.2 Å². The van der Waals surface area contributed by atoms with Crippen LogP contribution in [0.25, 0.3) is 0 Å². The van der Waals surface area contributed by atoms with E-state index in [4.69, 9.17) is 4.74 Å². The molecule has 1 aliphatic carbocycles. The van der Waals surface area contributed by atoms with E-state index in [1.165, 1.54) is 23.5 Å². The minimum atomic E-state index is -1.15. The topological polar surface area (TPSA) is 180 Å². The Labute approximate surface area is 246 Å². The Balaban J connectivity index is 1.76. The molecule has 1 aliphatic heterocycles. The minimum Gasteiger partial charge on any atom is -0.481 e. The molecule has 2 aliphatic rings. The lowest BCUT2D eigenvalue weighted by molar-refractivity contribution is -0.142. The lowest BCUT2D eigenvalue weighted by Gasteiger charge is -2.35. The molecular formula is C29H44N6O7. The highest BCUT2D eigenvalue weighted by Crippen LogP contribution is 2.28. The fraction of sp³-hybridized carbons (Fsp3) is 0.690. The zero-order chi connectivity index (χ0) is 31.0. The van der Waals surface area contributed by atoms with Gasteiger partial charge in [0.2, 0.25) is 11.8 Å². The number of amides is 4. The van der Waals surface area contributed by atoms with Crippen LogP contribution in [0, 0.1) is 23.2 Å². The van der Waals surface area contributed by atoms with Gasteiger partial charge in [-0.05, 0) is 30.1 Å². The average molecular weight is 589 g/mol. The molecule has 0 unspecified atom stereocenters. The Morgan fingerprint density at radius 2 is 1.71 bits per heavy atom. The van der Waals surface area contributed by atoms with E-state index >= 15 is 0 Å². The van der Waals surface area contributed by atoms with Gasteiger partial charge in [0.15, 0.2) is 0 Å². The lowest BCUT2D eigenvalue weighted by atomic mass is 9.82. The number of likely N-dealkylation sites (tertiary alicyclic amines) is 1. The molecule has 0 spiro atoms. The average Bonchev–Trinajstić information content (AvgIpc) is 3.37. The second-order valence-electron chi connectivity index (χ2n) is 12.7. The van der Waals surface area contributed by atoms with Gasteiger partial charge in [0.1, 0.15) is 17.8 Å². The molecule has 4 atom stereocenters. The highest BCUT2D eigenvalue weighted by atomic mass is 16.6. The van der Waals surface area contributed by atoms with Crippen LogP contribution in [-0.4, -0.2) is 87.6 Å². The number of carboxylic acids is 1. The number of hydrogen-bond acceptors (Lipinski definition) is 8. The summed E-state index contributed by atoms with van der Waals surface area (Å²) in [6, 6.07) is -2.84. The van der Waals surface area contributed by atoms with Gasteiger partial charge in [0.05, 0.1) is 24.8 Å². The molecule has 3 rings (SSSR count). The van der Waals surface area contributed by atoms with Crippen molar-refractivity contribution in [2.24, 2.45) is 23.2 Å². The first kappa shape index (κ1) is 32.7. The SMILES string of the molecule is CC(C)COC(=O)N1C[C@H](NC(=O)[C@@H](NC(=O)[C@@H](NC(=O)c2cnccn2)C2CCCCC2)C(C)(C)C)[C@H](C(=O)O)C1. The van der Waals surface area contributed by atoms with Gasteiger partial charge in [-0.2, -0.15) is 0 Å². The summed E-state index contributed by atoms with van der Waals surface area (Å²) in [5.74, 6) is -3.83. The Bertz CT molecular complexity index is 1120. The van der Waals surface area contributed by atoms with Gasteiger partial charge in [0.25, 0.3) is 5.91 Å². The van der Waals surface area contributed by atoms with E-state index < -0.39 is 59.2 Å². The summed E-state index contributed by atoms with van der Waals surface area (Å²) in [5, 5.41) is 18.2. The van der Waals surface area contributed by atoms with Crippen molar-refractivity contribution in [1.29, 1.82) is 0 Å². The number of aliphatic carboxylic acids is 1. The summed E-state index contributed by atoms with van der Waals surface area (Å²) in [4.78, 5) is 74.1. The van der Waals surface area contributed by atoms with Crippen molar-refractivity contribution in [3.63, 3.8) is 0 Å². The molecule has 4 amide bonds. The maximum absolute atomic E-state index is 13.7. The molecule has 42 heavy (non-hydrogen) atoms. The standard InChI is InChI=1S/C29H44N6O7/c1-17(2)16-42-28(41)35-14-19(27(39)40)21(15-35)32-26(38)23(29(3,4)5)34-25(37)22(18-9-7-6-8-10-18)33-24(36)20-13-30-11-12-31-20/h11-13,17-19,21-23H,6-10,14-16H2,1-5H3,(H,32,38)(H,33,36)(H,34,37)(H,39,40)/t19-,21+,22+,23-/m1/s1. The first-order valence-electron chi connectivity index (χ1n) is 14.6. The van der Waals surface area contributed by atoms with Crippen molar-refractivity contribution in [2.75, 3.05) is 19.7 Å². The highest BCUT2D eigenvalue weighted by Gasteiger charge is 2.44. The summed E-state index contributed by atoms with van der Waals surface area (Å²) in [6.45, 7) is 9.17. The van der Waals surface area contributed by atoms with Crippen LogP contribution in [0.5, 0.6) is 0 Å². The van der Waals surface area contributed by atoms with E-state index in [0.29, 0.717) is 0 Å². The number of nitrogens with zero attached hydrogens (tertiary/aromatic N) is 3. The summed E-state index contributed by atoms with van der Waals surface area (Å²) in [6.07, 6.45) is 7.90. The minimum absolute atomic E-state index is 0.0384. The zero-order valence-corrected chi connectivity index (χ0v) is 25.1. The van der Waals surface area contributed by atoms with Crippen LogP contribution in [0.4, 0.5) is 4.79 Å². The summed E-state index contributed by atoms with van der Waals surface area (Å²) in [5.41, 5.74) is -0.687. The highest BCUT2D eigenvalue weighted by molar-refractivity contribution is 5.97. The molecule has 0 aromatic carbocycles. The lowest BCUT2D eigenvalue weighted by Crippen LogP contribution is -2.61. The van der Waals surface area contributed by atoms with Crippen molar-refractivity contribution in [1.82, 2.24) is 30.8 Å². The fourth-order valence-corrected chi connectivity index (χ4v) is 5.35. The number of carbonyl (C=O) groups excluding carboxylic acids is 4. The van der Waals surface area contributed by atoms with Crippen LogP contribution >= 0.6 is 0 Å². The van der Waals surface area contributed by atoms with Crippen LogP contribution in [0.15, 0.2) is 18.6 Å². The number of nitrogens with one attached hydrogen (secondary N) is 3. The Hall–Kier alpha value is -3.77. The molecule has 232 valence electrons. The molecule has 2 heterocycles. The summed E-state index contributed by atoms with van der Waals surface area (Å²) < 4.78 is 5.25. The van der Waals surface area contributed by atoms with E-state index in [0.717, 1.165) is 32.1 Å². The van der Waals surface area contributed by atoms with Crippen molar-refractivity contribution < 1.29 is 33.8 Å². The molecule has 13 nitrogen and oxygen atoms in total. The van der Waals surface area contributed by atoms with Crippen LogP contribution in [-0.2, 0) is 19.1 Å². The maximum Gasteiger partial charge on any atom is 0.409 e. The van der Waals surface area contributed by atoms with E-state index in [9.17, 15) is 29.1 Å². The molecule has 0 bridgehead atoms. The van der Waals surface area contributed by atoms with E-state index in [1.54, 1.807) is 20.8 Å². The maximum atomic E-state index is 13.7. The van der Waals surface area contributed by atoms with Gasteiger partial charge < -0.3 is 30.7 Å². The number of aromatic nitrogens is 2. The van der Waals surface area contributed by atoms with Gasteiger partial charge in [-0.3, -0.25) is 24.2 Å². The predicted molar refractivity (Wildman–Crippen MR) is 152 cm³/mol. The molecule has 1 aromatic rings. The van der Waals surface area contributed by atoms with E-state index in [1.807, 2.05) is 13.8 Å². The quantitative estimate of drug-likeness (QED) is 0.318. The molecule has 1 saturated heterocycles. The number of carbonyl (C=O) groups is 5. The second-order valence-corrected chi connectivity index (χ2v) is 12.7. The number of rotatable bonds is 10. The summed E-state index contributed by atoms with van der Waals surface area (Å²) in [7, 11) is 0. The van der Waals surface area contributed by atoms with Crippen molar-refractivity contribution in [2.45, 2.75) is 84.8 Å². The Morgan fingerprint density at radius 1 is 1.02 bits per heavy atom. The van der Waals surface area contributed by atoms with Crippen molar-refractivity contribution >= 4 is 29.8 Å². The zero-order valence-electron chi connectivity index (χ0n) is 25.1. The third-order valence-corrected chi connectivity index (χ3v) is 7.66.